The topological polar surface area (TPSA) is 46.9 Å². The molecule has 0 aliphatic rings. The van der Waals surface area contributed by atoms with Crippen LogP contribution < -0.4 is 5.32 Å². The van der Waals surface area contributed by atoms with Gasteiger partial charge < -0.3 is 5.32 Å². The standard InChI is InChI=1S/C17H17N3O/c1-11-8-9-14(10-12(11)2)18-17(21)20-16-7-5-4-6-15(16)13(3)19-20/h4-10H,1-3H3,(H,18,21). The molecular weight excluding hydrogens is 262 g/mol. The fourth-order valence-corrected chi connectivity index (χ4v) is 2.37. The Balaban J connectivity index is 1.95. The highest BCUT2D eigenvalue weighted by Gasteiger charge is 2.13. The van der Waals surface area contributed by atoms with E-state index in [4.69, 9.17) is 0 Å². The molecule has 0 spiro atoms. The highest BCUT2D eigenvalue weighted by atomic mass is 16.2. The smallest absolute Gasteiger partial charge is 0.306 e. The van der Waals surface area contributed by atoms with Crippen molar-refractivity contribution in [3.8, 4) is 0 Å². The highest BCUT2D eigenvalue weighted by Crippen LogP contribution is 2.19. The minimum Gasteiger partial charge on any atom is -0.306 e. The number of nitrogens with one attached hydrogen (secondary N) is 1. The molecule has 4 nitrogen and oxygen atoms in total. The van der Waals surface area contributed by atoms with Crippen molar-refractivity contribution in [2.45, 2.75) is 20.8 Å². The molecule has 3 aromatic rings. The minimum absolute atomic E-state index is 0.248. The van der Waals surface area contributed by atoms with Gasteiger partial charge in [0.1, 0.15) is 0 Å². The number of rotatable bonds is 1. The number of hydrogen-bond donors (Lipinski definition) is 1. The molecule has 1 heterocycles. The lowest BCUT2D eigenvalue weighted by atomic mass is 10.1. The second-order valence-corrected chi connectivity index (χ2v) is 5.24. The molecule has 0 unspecified atom stereocenters. The van der Waals surface area contributed by atoms with Gasteiger partial charge in [-0.3, -0.25) is 0 Å². The van der Waals surface area contributed by atoms with Crippen LogP contribution in [0.1, 0.15) is 16.8 Å². The van der Waals surface area contributed by atoms with E-state index in [9.17, 15) is 4.79 Å². The van der Waals surface area contributed by atoms with Crippen LogP contribution in [0.25, 0.3) is 10.9 Å². The molecule has 1 N–H and O–H groups in total. The molecule has 0 radical (unpaired) electrons. The quantitative estimate of drug-likeness (QED) is 0.730. The normalized spacial score (nSPS) is 10.8. The summed E-state index contributed by atoms with van der Waals surface area (Å²) in [5.41, 5.74) is 4.79. The van der Waals surface area contributed by atoms with Gasteiger partial charge in [0.2, 0.25) is 0 Å². The molecule has 4 heteroatoms. The first-order valence-electron chi connectivity index (χ1n) is 6.89. The predicted octanol–water partition coefficient (Wildman–Crippen LogP) is 4.04. The van der Waals surface area contributed by atoms with Gasteiger partial charge in [0, 0.05) is 11.1 Å². The second kappa shape index (κ2) is 5.05. The lowest BCUT2D eigenvalue weighted by Gasteiger charge is -2.08. The van der Waals surface area contributed by atoms with Gasteiger partial charge in [-0.05, 0) is 50.1 Å². The zero-order chi connectivity index (χ0) is 15.0. The van der Waals surface area contributed by atoms with Crippen molar-refractivity contribution >= 4 is 22.6 Å². The number of aromatic nitrogens is 2. The summed E-state index contributed by atoms with van der Waals surface area (Å²) < 4.78 is 1.42. The van der Waals surface area contributed by atoms with E-state index in [1.54, 1.807) is 0 Å². The van der Waals surface area contributed by atoms with Crippen molar-refractivity contribution in [3.63, 3.8) is 0 Å². The fraction of sp³-hybridized carbons (Fsp3) is 0.176. The van der Waals surface area contributed by atoms with Crippen LogP contribution in [0.15, 0.2) is 42.5 Å². The number of carbonyl (C=O) groups is 1. The Kier molecular flexibility index (Phi) is 3.22. The molecule has 0 atom stereocenters. The van der Waals surface area contributed by atoms with Gasteiger partial charge in [-0.2, -0.15) is 9.78 Å². The number of anilines is 1. The van der Waals surface area contributed by atoms with Crippen LogP contribution >= 0.6 is 0 Å². The second-order valence-electron chi connectivity index (χ2n) is 5.24. The maximum atomic E-state index is 12.4. The van der Waals surface area contributed by atoms with E-state index >= 15 is 0 Å². The molecule has 0 aliphatic heterocycles. The molecule has 2 aromatic carbocycles. The third kappa shape index (κ3) is 2.40. The van der Waals surface area contributed by atoms with Gasteiger partial charge in [0.05, 0.1) is 11.2 Å². The summed E-state index contributed by atoms with van der Waals surface area (Å²) in [6.07, 6.45) is 0. The van der Waals surface area contributed by atoms with E-state index in [1.165, 1.54) is 10.2 Å². The monoisotopic (exact) mass is 279 g/mol. The van der Waals surface area contributed by atoms with Gasteiger partial charge in [-0.1, -0.05) is 24.3 Å². The maximum absolute atomic E-state index is 12.4. The maximum Gasteiger partial charge on any atom is 0.347 e. The van der Waals surface area contributed by atoms with Gasteiger partial charge in [0.15, 0.2) is 0 Å². The summed E-state index contributed by atoms with van der Waals surface area (Å²) in [6, 6.07) is 13.3. The van der Waals surface area contributed by atoms with E-state index in [-0.39, 0.29) is 6.03 Å². The lowest BCUT2D eigenvalue weighted by molar-refractivity contribution is 0.251. The summed E-state index contributed by atoms with van der Waals surface area (Å²) in [4.78, 5) is 12.4. The van der Waals surface area contributed by atoms with Crippen molar-refractivity contribution in [2.75, 3.05) is 5.32 Å². The molecule has 0 saturated carbocycles. The Morgan fingerprint density at radius 3 is 2.57 bits per heavy atom. The first kappa shape index (κ1) is 13.4. The molecule has 0 bridgehead atoms. The first-order chi connectivity index (χ1) is 10.1. The Morgan fingerprint density at radius 2 is 1.81 bits per heavy atom. The minimum atomic E-state index is -0.248. The van der Waals surface area contributed by atoms with Crippen LogP contribution in [0.5, 0.6) is 0 Å². The zero-order valence-corrected chi connectivity index (χ0v) is 12.3. The van der Waals surface area contributed by atoms with Crippen molar-refractivity contribution in [1.82, 2.24) is 9.78 Å². The van der Waals surface area contributed by atoms with Crippen molar-refractivity contribution in [1.29, 1.82) is 0 Å². The lowest BCUT2D eigenvalue weighted by Crippen LogP contribution is -2.20. The number of carbonyl (C=O) groups excluding carboxylic acids is 1. The van der Waals surface area contributed by atoms with Gasteiger partial charge >= 0.3 is 6.03 Å². The largest absolute Gasteiger partial charge is 0.347 e. The first-order valence-corrected chi connectivity index (χ1v) is 6.89. The van der Waals surface area contributed by atoms with E-state index in [0.29, 0.717) is 0 Å². The highest BCUT2D eigenvalue weighted by molar-refractivity contribution is 5.98. The summed E-state index contributed by atoms with van der Waals surface area (Å²) in [7, 11) is 0. The number of amides is 1. The van der Waals surface area contributed by atoms with E-state index in [1.807, 2.05) is 63.2 Å². The number of benzene rings is 2. The van der Waals surface area contributed by atoms with Crippen LogP contribution in [-0.4, -0.2) is 15.8 Å². The number of hydrogen-bond acceptors (Lipinski definition) is 2. The molecule has 3 rings (SSSR count). The van der Waals surface area contributed by atoms with Crippen LogP contribution in [-0.2, 0) is 0 Å². The van der Waals surface area contributed by atoms with E-state index in [0.717, 1.165) is 27.8 Å². The van der Waals surface area contributed by atoms with Gasteiger partial charge in [0.25, 0.3) is 0 Å². The van der Waals surface area contributed by atoms with E-state index in [2.05, 4.69) is 10.4 Å². The Labute approximate surface area is 123 Å². The third-order valence-corrected chi connectivity index (χ3v) is 3.72. The van der Waals surface area contributed by atoms with Crippen molar-refractivity contribution in [3.05, 3.63) is 59.3 Å². The predicted molar refractivity (Wildman–Crippen MR) is 84.8 cm³/mol. The van der Waals surface area contributed by atoms with Crippen molar-refractivity contribution < 1.29 is 4.79 Å². The molecular formula is C17H17N3O. The molecule has 0 fully saturated rings. The zero-order valence-electron chi connectivity index (χ0n) is 12.3. The average molecular weight is 279 g/mol. The fourth-order valence-electron chi connectivity index (χ4n) is 2.37. The van der Waals surface area contributed by atoms with E-state index < -0.39 is 0 Å². The molecule has 0 aliphatic carbocycles. The summed E-state index contributed by atoms with van der Waals surface area (Å²) in [5.74, 6) is 0. The summed E-state index contributed by atoms with van der Waals surface area (Å²) in [5, 5.41) is 8.22. The average Bonchev–Trinajstić information content (AvgIpc) is 2.81. The number of para-hydroxylation sites is 1. The summed E-state index contributed by atoms with van der Waals surface area (Å²) in [6.45, 7) is 5.98. The molecule has 106 valence electrons. The van der Waals surface area contributed by atoms with Crippen LogP contribution in [0.4, 0.5) is 10.5 Å². The Hall–Kier alpha value is -2.62. The molecule has 1 amide bonds. The molecule has 1 aromatic heterocycles. The Morgan fingerprint density at radius 1 is 1.05 bits per heavy atom. The third-order valence-electron chi connectivity index (χ3n) is 3.72. The number of fused-ring (bicyclic) bond motifs is 1. The van der Waals surface area contributed by atoms with Crippen molar-refractivity contribution in [2.24, 2.45) is 0 Å². The number of aryl methyl sites for hydroxylation is 3. The van der Waals surface area contributed by atoms with Crippen LogP contribution in [0, 0.1) is 20.8 Å². The van der Waals surface area contributed by atoms with Gasteiger partial charge in [-0.15, -0.1) is 0 Å². The molecule has 0 saturated heterocycles. The Bertz CT molecular complexity index is 833. The van der Waals surface area contributed by atoms with Crippen LogP contribution in [0.2, 0.25) is 0 Å². The van der Waals surface area contributed by atoms with Crippen LogP contribution in [0.3, 0.4) is 0 Å². The molecule has 21 heavy (non-hydrogen) atoms. The van der Waals surface area contributed by atoms with Gasteiger partial charge in [-0.25, -0.2) is 4.79 Å². The number of nitrogens with zero attached hydrogens (tertiary/aromatic N) is 2. The summed E-state index contributed by atoms with van der Waals surface area (Å²) >= 11 is 0. The SMILES string of the molecule is Cc1ccc(NC(=O)n2nc(C)c3ccccc32)cc1C.